The molecule has 15 heavy (non-hydrogen) atoms. The van der Waals surface area contributed by atoms with E-state index in [-0.39, 0.29) is 0 Å². The van der Waals surface area contributed by atoms with E-state index in [0.29, 0.717) is 17.7 Å². The molecular formula is C13H21NO. The molecule has 0 radical (unpaired) electrons. The lowest BCUT2D eigenvalue weighted by Gasteiger charge is -2.20. The van der Waals surface area contributed by atoms with Crippen LogP contribution in [0.15, 0.2) is 24.3 Å². The van der Waals surface area contributed by atoms with Gasteiger partial charge in [0.25, 0.3) is 0 Å². The molecule has 0 aliphatic carbocycles. The van der Waals surface area contributed by atoms with Gasteiger partial charge in [0.1, 0.15) is 5.75 Å². The average Bonchev–Trinajstić information content (AvgIpc) is 2.18. The van der Waals surface area contributed by atoms with Crippen LogP contribution in [0.3, 0.4) is 0 Å². The van der Waals surface area contributed by atoms with Crippen molar-refractivity contribution in [3.8, 4) is 5.75 Å². The van der Waals surface area contributed by atoms with Crippen LogP contribution in [-0.2, 0) is 6.42 Å². The fraction of sp³-hybridized carbons (Fsp3) is 0.538. The van der Waals surface area contributed by atoms with Crippen molar-refractivity contribution in [2.24, 2.45) is 5.92 Å². The predicted octanol–water partition coefficient (Wildman–Crippen LogP) is 2.57. The van der Waals surface area contributed by atoms with Gasteiger partial charge in [0, 0.05) is 6.04 Å². The van der Waals surface area contributed by atoms with E-state index in [4.69, 9.17) is 0 Å². The summed E-state index contributed by atoms with van der Waals surface area (Å²) in [4.78, 5) is 0. The van der Waals surface area contributed by atoms with Gasteiger partial charge in [0.05, 0.1) is 0 Å². The van der Waals surface area contributed by atoms with Crippen molar-refractivity contribution >= 4 is 0 Å². The Morgan fingerprint density at radius 2 is 2.07 bits per heavy atom. The van der Waals surface area contributed by atoms with E-state index in [2.05, 4.69) is 32.2 Å². The fourth-order valence-electron chi connectivity index (χ4n) is 1.76. The summed E-state index contributed by atoms with van der Waals surface area (Å²) in [5.74, 6) is 0.933. The molecule has 84 valence electrons. The molecule has 2 nitrogen and oxygen atoms in total. The van der Waals surface area contributed by atoms with E-state index >= 15 is 0 Å². The summed E-state index contributed by atoms with van der Waals surface area (Å²) in [5.41, 5.74) is 1.20. The number of nitrogens with one attached hydrogen (secondary N) is 1. The monoisotopic (exact) mass is 207 g/mol. The van der Waals surface area contributed by atoms with E-state index in [9.17, 15) is 5.11 Å². The molecule has 0 fully saturated rings. The van der Waals surface area contributed by atoms with Gasteiger partial charge in [0.15, 0.2) is 0 Å². The van der Waals surface area contributed by atoms with Crippen LogP contribution in [-0.4, -0.2) is 17.7 Å². The van der Waals surface area contributed by atoms with E-state index < -0.39 is 0 Å². The van der Waals surface area contributed by atoms with Crippen molar-refractivity contribution in [2.45, 2.75) is 33.2 Å². The van der Waals surface area contributed by atoms with Crippen LogP contribution in [0.2, 0.25) is 0 Å². The van der Waals surface area contributed by atoms with E-state index in [1.54, 1.807) is 6.07 Å². The van der Waals surface area contributed by atoms with Gasteiger partial charge in [-0.2, -0.15) is 0 Å². The van der Waals surface area contributed by atoms with Crippen molar-refractivity contribution in [3.63, 3.8) is 0 Å². The molecule has 2 heteroatoms. The Kier molecular flexibility index (Phi) is 4.63. The molecule has 0 saturated carbocycles. The first-order valence-corrected chi connectivity index (χ1v) is 5.64. The maximum absolute atomic E-state index is 9.35. The van der Waals surface area contributed by atoms with E-state index in [1.165, 1.54) is 5.56 Å². The number of aromatic hydroxyl groups is 1. The standard InChI is InChI=1S/C13H21NO/c1-4-14-11(3)10(2)8-12-6-5-7-13(15)9-12/h5-7,9-11,14-15H,4,8H2,1-3H3. The van der Waals surface area contributed by atoms with Crippen LogP contribution >= 0.6 is 0 Å². The number of rotatable bonds is 5. The normalized spacial score (nSPS) is 14.9. The lowest BCUT2D eigenvalue weighted by molar-refractivity contribution is 0.405. The zero-order valence-electron chi connectivity index (χ0n) is 9.83. The Balaban J connectivity index is 2.54. The van der Waals surface area contributed by atoms with E-state index in [0.717, 1.165) is 13.0 Å². The van der Waals surface area contributed by atoms with Crippen LogP contribution in [0.1, 0.15) is 26.3 Å². The molecule has 1 aromatic carbocycles. The lowest BCUT2D eigenvalue weighted by Crippen LogP contribution is -2.32. The fourth-order valence-corrected chi connectivity index (χ4v) is 1.76. The van der Waals surface area contributed by atoms with Gasteiger partial charge in [-0.1, -0.05) is 26.0 Å². The summed E-state index contributed by atoms with van der Waals surface area (Å²) in [7, 11) is 0. The first kappa shape index (κ1) is 12.1. The average molecular weight is 207 g/mol. The summed E-state index contributed by atoms with van der Waals surface area (Å²) in [6, 6.07) is 8.03. The van der Waals surface area contributed by atoms with Gasteiger partial charge in [-0.3, -0.25) is 0 Å². The summed E-state index contributed by atoms with van der Waals surface area (Å²) in [6.45, 7) is 7.57. The first-order chi connectivity index (χ1) is 7.13. The quantitative estimate of drug-likeness (QED) is 0.777. The third-order valence-corrected chi connectivity index (χ3v) is 2.85. The second-order valence-corrected chi connectivity index (χ2v) is 4.20. The van der Waals surface area contributed by atoms with Crippen LogP contribution in [0.4, 0.5) is 0 Å². The number of hydrogen-bond acceptors (Lipinski definition) is 2. The maximum atomic E-state index is 9.35. The van der Waals surface area contributed by atoms with Gasteiger partial charge < -0.3 is 10.4 Å². The van der Waals surface area contributed by atoms with E-state index in [1.807, 2.05) is 12.1 Å². The van der Waals surface area contributed by atoms with Gasteiger partial charge in [-0.25, -0.2) is 0 Å². The summed E-state index contributed by atoms with van der Waals surface area (Å²) < 4.78 is 0. The molecule has 2 unspecified atom stereocenters. The van der Waals surface area contributed by atoms with Crippen molar-refractivity contribution in [2.75, 3.05) is 6.54 Å². The van der Waals surface area contributed by atoms with Crippen LogP contribution in [0, 0.1) is 5.92 Å². The van der Waals surface area contributed by atoms with Crippen molar-refractivity contribution in [1.29, 1.82) is 0 Å². The Morgan fingerprint density at radius 1 is 1.33 bits per heavy atom. The molecule has 1 aromatic rings. The molecule has 1 rings (SSSR count). The molecule has 0 spiro atoms. The lowest BCUT2D eigenvalue weighted by atomic mass is 9.95. The number of benzene rings is 1. The zero-order chi connectivity index (χ0) is 11.3. The second-order valence-electron chi connectivity index (χ2n) is 4.20. The molecule has 0 saturated heterocycles. The Hall–Kier alpha value is -1.02. The molecule has 0 aromatic heterocycles. The minimum atomic E-state index is 0.357. The first-order valence-electron chi connectivity index (χ1n) is 5.64. The largest absolute Gasteiger partial charge is 0.508 e. The molecule has 0 aliphatic heterocycles. The van der Waals surface area contributed by atoms with Crippen LogP contribution in [0.25, 0.3) is 0 Å². The third-order valence-electron chi connectivity index (χ3n) is 2.85. The van der Waals surface area contributed by atoms with Crippen molar-refractivity contribution in [1.82, 2.24) is 5.32 Å². The topological polar surface area (TPSA) is 32.3 Å². The Bertz CT molecular complexity index is 298. The molecule has 2 atom stereocenters. The zero-order valence-corrected chi connectivity index (χ0v) is 9.83. The minimum absolute atomic E-state index is 0.357. The highest BCUT2D eigenvalue weighted by atomic mass is 16.3. The molecular weight excluding hydrogens is 186 g/mol. The number of hydrogen-bond donors (Lipinski definition) is 2. The summed E-state index contributed by atoms with van der Waals surface area (Å²) >= 11 is 0. The summed E-state index contributed by atoms with van der Waals surface area (Å²) in [5, 5.41) is 12.8. The van der Waals surface area contributed by atoms with Crippen molar-refractivity contribution < 1.29 is 5.11 Å². The smallest absolute Gasteiger partial charge is 0.115 e. The van der Waals surface area contributed by atoms with Crippen LogP contribution < -0.4 is 5.32 Å². The highest BCUT2D eigenvalue weighted by Crippen LogP contribution is 2.16. The molecule has 2 N–H and O–H groups in total. The van der Waals surface area contributed by atoms with Gasteiger partial charge >= 0.3 is 0 Å². The maximum Gasteiger partial charge on any atom is 0.115 e. The number of phenolic OH excluding ortho intramolecular Hbond substituents is 1. The molecule has 0 amide bonds. The Morgan fingerprint density at radius 3 is 2.67 bits per heavy atom. The SMILES string of the molecule is CCNC(C)C(C)Cc1cccc(O)c1. The summed E-state index contributed by atoms with van der Waals surface area (Å²) in [6.07, 6.45) is 1.00. The van der Waals surface area contributed by atoms with Gasteiger partial charge in [0.2, 0.25) is 0 Å². The Labute approximate surface area is 92.3 Å². The highest BCUT2D eigenvalue weighted by Gasteiger charge is 2.11. The van der Waals surface area contributed by atoms with Crippen molar-refractivity contribution in [3.05, 3.63) is 29.8 Å². The molecule has 0 aliphatic rings. The minimum Gasteiger partial charge on any atom is -0.508 e. The number of phenols is 1. The second kappa shape index (κ2) is 5.76. The highest BCUT2D eigenvalue weighted by molar-refractivity contribution is 5.27. The molecule has 0 bridgehead atoms. The van der Waals surface area contributed by atoms with Crippen LogP contribution in [0.5, 0.6) is 5.75 Å². The molecule has 0 heterocycles. The van der Waals surface area contributed by atoms with Gasteiger partial charge in [-0.05, 0) is 43.5 Å². The van der Waals surface area contributed by atoms with Gasteiger partial charge in [-0.15, -0.1) is 0 Å². The third kappa shape index (κ3) is 3.92. The predicted molar refractivity (Wildman–Crippen MR) is 64.1 cm³/mol.